The van der Waals surface area contributed by atoms with Gasteiger partial charge in [-0.3, -0.25) is 0 Å². The van der Waals surface area contributed by atoms with E-state index in [9.17, 15) is 0 Å². The van der Waals surface area contributed by atoms with Gasteiger partial charge < -0.3 is 4.74 Å². The van der Waals surface area contributed by atoms with E-state index in [-0.39, 0.29) is 0 Å². The van der Waals surface area contributed by atoms with Gasteiger partial charge in [-0.25, -0.2) is 0 Å². The van der Waals surface area contributed by atoms with Crippen molar-refractivity contribution in [1.29, 1.82) is 0 Å². The van der Waals surface area contributed by atoms with Crippen LogP contribution >= 0.6 is 11.5 Å². The van der Waals surface area contributed by atoms with E-state index in [0.717, 1.165) is 29.2 Å². The summed E-state index contributed by atoms with van der Waals surface area (Å²) in [6, 6.07) is 7.97. The number of hydrogen-bond acceptors (Lipinski definition) is 4. The monoisotopic (exact) mass is 220 g/mol. The van der Waals surface area contributed by atoms with E-state index in [1.807, 2.05) is 24.3 Å². The lowest BCUT2D eigenvalue weighted by Gasteiger charge is -2.08. The van der Waals surface area contributed by atoms with Crippen LogP contribution in [0.3, 0.4) is 0 Å². The molecule has 2 aromatic rings. The van der Waals surface area contributed by atoms with Gasteiger partial charge >= 0.3 is 0 Å². The molecule has 0 aliphatic rings. The third-order valence-corrected chi connectivity index (χ3v) is 2.67. The molecule has 1 aromatic heterocycles. The first-order valence-corrected chi connectivity index (χ1v) is 5.68. The van der Waals surface area contributed by atoms with Gasteiger partial charge in [0.15, 0.2) is 0 Å². The van der Waals surface area contributed by atoms with Crippen molar-refractivity contribution in [2.75, 3.05) is 6.61 Å². The van der Waals surface area contributed by atoms with Crippen LogP contribution in [0.15, 0.2) is 30.5 Å². The fourth-order valence-corrected chi connectivity index (χ4v) is 1.84. The van der Waals surface area contributed by atoms with E-state index in [0.29, 0.717) is 0 Å². The van der Waals surface area contributed by atoms with E-state index < -0.39 is 0 Å². The Kier molecular flexibility index (Phi) is 3.29. The van der Waals surface area contributed by atoms with Crippen LogP contribution in [0.2, 0.25) is 0 Å². The summed E-state index contributed by atoms with van der Waals surface area (Å²) >= 11 is 1.38. The summed E-state index contributed by atoms with van der Waals surface area (Å²) in [6.07, 6.45) is 2.77. The first-order valence-electron chi connectivity index (χ1n) is 4.91. The minimum absolute atomic E-state index is 0.739. The standard InChI is InChI=1S/C11H12N2OS/c1-2-7-14-10-6-4-3-5-9(10)11-8-12-13-15-11/h3-6,8H,2,7H2,1H3. The summed E-state index contributed by atoms with van der Waals surface area (Å²) in [4.78, 5) is 1.04. The van der Waals surface area contributed by atoms with Crippen LogP contribution in [0, 0.1) is 0 Å². The Balaban J connectivity index is 2.30. The minimum atomic E-state index is 0.739. The molecule has 0 saturated carbocycles. The topological polar surface area (TPSA) is 35.0 Å². The molecule has 2 rings (SSSR count). The van der Waals surface area contributed by atoms with Gasteiger partial charge in [0.2, 0.25) is 0 Å². The second-order valence-corrected chi connectivity index (χ2v) is 3.91. The molecule has 78 valence electrons. The lowest BCUT2D eigenvalue weighted by Crippen LogP contribution is -1.96. The highest BCUT2D eigenvalue weighted by molar-refractivity contribution is 7.09. The highest BCUT2D eigenvalue weighted by Gasteiger charge is 2.07. The number of ether oxygens (including phenoxy) is 1. The van der Waals surface area contributed by atoms with Crippen LogP contribution < -0.4 is 4.74 Å². The predicted octanol–water partition coefficient (Wildman–Crippen LogP) is 2.99. The summed E-state index contributed by atoms with van der Waals surface area (Å²) in [5.41, 5.74) is 1.07. The third-order valence-electron chi connectivity index (χ3n) is 1.98. The van der Waals surface area contributed by atoms with Gasteiger partial charge in [-0.05, 0) is 30.1 Å². The van der Waals surface area contributed by atoms with Crippen molar-refractivity contribution >= 4 is 11.5 Å². The Morgan fingerprint density at radius 3 is 2.93 bits per heavy atom. The molecule has 1 heterocycles. The van der Waals surface area contributed by atoms with Crippen molar-refractivity contribution in [3.05, 3.63) is 30.5 Å². The van der Waals surface area contributed by atoms with Gasteiger partial charge in [-0.2, -0.15) is 0 Å². The van der Waals surface area contributed by atoms with Crippen molar-refractivity contribution < 1.29 is 4.74 Å². The van der Waals surface area contributed by atoms with Crippen molar-refractivity contribution in [1.82, 2.24) is 9.59 Å². The molecule has 0 saturated heterocycles. The van der Waals surface area contributed by atoms with Crippen LogP contribution in [-0.2, 0) is 0 Å². The van der Waals surface area contributed by atoms with Crippen molar-refractivity contribution in [2.24, 2.45) is 0 Å². The average Bonchev–Trinajstić information content (AvgIpc) is 2.80. The Hall–Kier alpha value is -1.42. The van der Waals surface area contributed by atoms with Gasteiger partial charge in [0.1, 0.15) is 5.75 Å². The number of nitrogens with zero attached hydrogens (tertiary/aromatic N) is 2. The smallest absolute Gasteiger partial charge is 0.128 e. The zero-order valence-electron chi connectivity index (χ0n) is 8.51. The summed E-state index contributed by atoms with van der Waals surface area (Å²) in [6.45, 7) is 2.83. The molecular weight excluding hydrogens is 208 g/mol. The summed E-state index contributed by atoms with van der Waals surface area (Å²) < 4.78 is 9.52. The van der Waals surface area contributed by atoms with Gasteiger partial charge in [-0.1, -0.05) is 23.5 Å². The van der Waals surface area contributed by atoms with Gasteiger partial charge in [0, 0.05) is 5.56 Å². The number of aromatic nitrogens is 2. The van der Waals surface area contributed by atoms with E-state index >= 15 is 0 Å². The Morgan fingerprint density at radius 2 is 2.20 bits per heavy atom. The molecule has 0 unspecified atom stereocenters. The molecule has 0 fully saturated rings. The minimum Gasteiger partial charge on any atom is -0.493 e. The van der Waals surface area contributed by atoms with Crippen molar-refractivity contribution in [3.63, 3.8) is 0 Å². The SMILES string of the molecule is CCCOc1ccccc1-c1cnns1. The molecule has 4 heteroatoms. The van der Waals surface area contributed by atoms with Gasteiger partial charge in [-0.15, -0.1) is 5.10 Å². The molecule has 0 radical (unpaired) electrons. The molecule has 0 atom stereocenters. The fourth-order valence-electron chi connectivity index (χ4n) is 1.29. The number of benzene rings is 1. The molecule has 0 N–H and O–H groups in total. The molecule has 3 nitrogen and oxygen atoms in total. The quantitative estimate of drug-likeness (QED) is 0.794. The van der Waals surface area contributed by atoms with Crippen LogP contribution in [0.5, 0.6) is 5.75 Å². The van der Waals surface area contributed by atoms with Gasteiger partial charge in [0.05, 0.1) is 17.7 Å². The highest BCUT2D eigenvalue weighted by atomic mass is 32.1. The third kappa shape index (κ3) is 2.33. The predicted molar refractivity (Wildman–Crippen MR) is 61.1 cm³/mol. The molecule has 0 amide bonds. The number of para-hydroxylation sites is 1. The van der Waals surface area contributed by atoms with E-state index in [1.165, 1.54) is 11.5 Å². The number of rotatable bonds is 4. The van der Waals surface area contributed by atoms with Gasteiger partial charge in [0.25, 0.3) is 0 Å². The van der Waals surface area contributed by atoms with Crippen LogP contribution in [0.1, 0.15) is 13.3 Å². The number of hydrogen-bond donors (Lipinski definition) is 0. The molecular formula is C11H12N2OS. The Morgan fingerprint density at radius 1 is 1.33 bits per heavy atom. The first-order chi connectivity index (χ1) is 7.42. The fraction of sp³-hybridized carbons (Fsp3) is 0.273. The lowest BCUT2D eigenvalue weighted by atomic mass is 10.2. The highest BCUT2D eigenvalue weighted by Crippen LogP contribution is 2.31. The summed E-state index contributed by atoms with van der Waals surface area (Å²) in [7, 11) is 0. The van der Waals surface area contributed by atoms with E-state index in [4.69, 9.17) is 4.74 Å². The summed E-state index contributed by atoms with van der Waals surface area (Å²) in [5, 5.41) is 3.83. The molecule has 0 aliphatic heterocycles. The zero-order chi connectivity index (χ0) is 10.5. The van der Waals surface area contributed by atoms with Crippen molar-refractivity contribution in [3.8, 4) is 16.2 Å². The molecule has 15 heavy (non-hydrogen) atoms. The largest absolute Gasteiger partial charge is 0.493 e. The van der Waals surface area contributed by atoms with E-state index in [1.54, 1.807) is 6.20 Å². The maximum atomic E-state index is 5.66. The van der Waals surface area contributed by atoms with Crippen LogP contribution in [0.25, 0.3) is 10.4 Å². The maximum Gasteiger partial charge on any atom is 0.128 e. The zero-order valence-corrected chi connectivity index (χ0v) is 9.33. The first kappa shape index (κ1) is 10.1. The molecule has 0 bridgehead atoms. The summed E-state index contributed by atoms with van der Waals surface area (Å²) in [5.74, 6) is 0.908. The second-order valence-electron chi connectivity index (χ2n) is 3.13. The average molecular weight is 220 g/mol. The van der Waals surface area contributed by atoms with Crippen molar-refractivity contribution in [2.45, 2.75) is 13.3 Å². The van der Waals surface area contributed by atoms with Crippen LogP contribution in [0.4, 0.5) is 0 Å². The maximum absolute atomic E-state index is 5.66. The Labute approximate surface area is 92.9 Å². The molecule has 1 aromatic carbocycles. The lowest BCUT2D eigenvalue weighted by molar-refractivity contribution is 0.319. The normalized spacial score (nSPS) is 10.2. The van der Waals surface area contributed by atoms with Crippen LogP contribution in [-0.4, -0.2) is 16.2 Å². The second kappa shape index (κ2) is 4.89. The Bertz CT molecular complexity index is 414. The molecule has 0 spiro atoms. The molecule has 0 aliphatic carbocycles. The van der Waals surface area contributed by atoms with E-state index in [2.05, 4.69) is 16.5 Å².